The molecule has 0 aliphatic carbocycles. The second-order valence-electron chi connectivity index (χ2n) is 7.89. The van der Waals surface area contributed by atoms with Crippen molar-refractivity contribution in [2.24, 2.45) is 0 Å². The number of amides is 1. The summed E-state index contributed by atoms with van der Waals surface area (Å²) in [6, 6.07) is 22.1. The van der Waals surface area contributed by atoms with Crippen molar-refractivity contribution in [3.05, 3.63) is 78.9 Å². The summed E-state index contributed by atoms with van der Waals surface area (Å²) in [5.41, 5.74) is 0.358. The molecule has 0 fully saturated rings. The number of para-hydroxylation sites is 3. The van der Waals surface area contributed by atoms with Crippen LogP contribution >= 0.6 is 0 Å². The summed E-state index contributed by atoms with van der Waals surface area (Å²) in [4.78, 5) is 12.9. The Balaban J connectivity index is 1.41. The number of hydrogen-bond donors (Lipinski definition) is 1. The van der Waals surface area contributed by atoms with Crippen LogP contribution in [0.15, 0.2) is 78.9 Å². The van der Waals surface area contributed by atoms with E-state index in [0.717, 1.165) is 10.6 Å². The van der Waals surface area contributed by atoms with Gasteiger partial charge in [0.1, 0.15) is 30.3 Å². The van der Waals surface area contributed by atoms with E-state index in [2.05, 4.69) is 5.32 Å². The zero-order chi connectivity index (χ0) is 24.1. The number of carbonyl (C=O) groups excluding carboxylic acids is 1. The van der Waals surface area contributed by atoms with Crippen molar-refractivity contribution in [1.82, 2.24) is 5.32 Å². The summed E-state index contributed by atoms with van der Waals surface area (Å²) >= 11 is 0. The van der Waals surface area contributed by atoms with Crippen molar-refractivity contribution in [3.63, 3.8) is 0 Å². The van der Waals surface area contributed by atoms with Crippen LogP contribution in [-0.2, 0) is 14.8 Å². The van der Waals surface area contributed by atoms with Crippen LogP contribution in [0.3, 0.4) is 0 Å². The number of carbonyl (C=O) groups is 1. The zero-order valence-corrected chi connectivity index (χ0v) is 19.7. The third-order valence-corrected chi connectivity index (χ3v) is 6.47. The normalized spacial score (nSPS) is 15.8. The molecule has 1 aliphatic heterocycles. The summed E-state index contributed by atoms with van der Waals surface area (Å²) in [5.74, 6) is 2.03. The SMILES string of the molecule is C[C@@H](C(=O)NC[C@H]1COc2ccccc2O1)N(c1ccc(Oc2ccccc2)cc1)S(C)(=O)=O. The number of anilines is 1. The maximum Gasteiger partial charge on any atom is 0.243 e. The molecule has 4 rings (SSSR count). The molecule has 1 heterocycles. The molecule has 0 bridgehead atoms. The van der Waals surface area contributed by atoms with E-state index in [0.29, 0.717) is 28.7 Å². The molecule has 1 aliphatic rings. The Morgan fingerprint density at radius 2 is 1.62 bits per heavy atom. The molecule has 0 aromatic heterocycles. The Morgan fingerprint density at radius 3 is 2.29 bits per heavy atom. The van der Waals surface area contributed by atoms with Gasteiger partial charge in [-0.1, -0.05) is 30.3 Å². The number of benzene rings is 3. The van der Waals surface area contributed by atoms with E-state index in [1.165, 1.54) is 6.92 Å². The van der Waals surface area contributed by atoms with Crippen LogP contribution in [0.1, 0.15) is 6.92 Å². The lowest BCUT2D eigenvalue weighted by molar-refractivity contribution is -0.122. The van der Waals surface area contributed by atoms with Gasteiger partial charge in [0.2, 0.25) is 15.9 Å². The Labute approximate surface area is 199 Å². The lowest BCUT2D eigenvalue weighted by Crippen LogP contribution is -2.50. The molecule has 0 saturated carbocycles. The third-order valence-electron chi connectivity index (χ3n) is 5.23. The zero-order valence-electron chi connectivity index (χ0n) is 18.9. The van der Waals surface area contributed by atoms with Crippen molar-refractivity contribution >= 4 is 21.6 Å². The van der Waals surface area contributed by atoms with E-state index in [4.69, 9.17) is 14.2 Å². The van der Waals surface area contributed by atoms with Gasteiger partial charge in [0.15, 0.2) is 11.5 Å². The van der Waals surface area contributed by atoms with Crippen LogP contribution in [0.4, 0.5) is 5.69 Å². The number of nitrogens with one attached hydrogen (secondary N) is 1. The summed E-state index contributed by atoms with van der Waals surface area (Å²) in [6.07, 6.45) is 0.687. The standard InChI is InChI=1S/C25H26N2O6S/c1-18(25(28)26-16-22-17-31-23-10-6-7-11-24(23)33-22)27(34(2,29)30)19-12-14-21(15-13-19)32-20-8-4-3-5-9-20/h3-15,18,22H,16-17H2,1-2H3,(H,26,28)/t18-,22-/m0/s1. The molecule has 9 heteroatoms. The molecule has 34 heavy (non-hydrogen) atoms. The van der Waals surface area contributed by atoms with Gasteiger partial charge in [0.05, 0.1) is 18.5 Å². The predicted molar refractivity (Wildman–Crippen MR) is 129 cm³/mol. The molecular weight excluding hydrogens is 456 g/mol. The summed E-state index contributed by atoms with van der Waals surface area (Å²) in [7, 11) is -3.74. The van der Waals surface area contributed by atoms with E-state index in [-0.39, 0.29) is 19.3 Å². The van der Waals surface area contributed by atoms with Crippen LogP contribution in [0.2, 0.25) is 0 Å². The monoisotopic (exact) mass is 482 g/mol. The van der Waals surface area contributed by atoms with E-state index in [1.807, 2.05) is 48.5 Å². The first-order valence-corrected chi connectivity index (χ1v) is 12.6. The highest BCUT2D eigenvalue weighted by Crippen LogP contribution is 2.31. The molecule has 178 valence electrons. The van der Waals surface area contributed by atoms with Gasteiger partial charge in [0, 0.05) is 0 Å². The number of nitrogens with zero attached hydrogens (tertiary/aromatic N) is 1. The first-order chi connectivity index (χ1) is 16.3. The van der Waals surface area contributed by atoms with Gasteiger partial charge in [-0.25, -0.2) is 8.42 Å². The quantitative estimate of drug-likeness (QED) is 0.527. The van der Waals surface area contributed by atoms with Crippen LogP contribution in [0.5, 0.6) is 23.0 Å². The van der Waals surface area contributed by atoms with Gasteiger partial charge >= 0.3 is 0 Å². The third kappa shape index (κ3) is 5.60. The minimum Gasteiger partial charge on any atom is -0.486 e. The van der Waals surface area contributed by atoms with E-state index < -0.39 is 22.0 Å². The summed E-state index contributed by atoms with van der Waals surface area (Å²) in [5, 5.41) is 2.77. The van der Waals surface area contributed by atoms with Crippen LogP contribution in [0, 0.1) is 0 Å². The fourth-order valence-corrected chi connectivity index (χ4v) is 4.80. The van der Waals surface area contributed by atoms with Crippen molar-refractivity contribution < 1.29 is 27.4 Å². The molecule has 0 saturated heterocycles. The number of ether oxygens (including phenoxy) is 3. The Kier molecular flexibility index (Phi) is 6.93. The highest BCUT2D eigenvalue weighted by atomic mass is 32.2. The van der Waals surface area contributed by atoms with Gasteiger partial charge in [-0.15, -0.1) is 0 Å². The Morgan fingerprint density at radius 1 is 1.00 bits per heavy atom. The lowest BCUT2D eigenvalue weighted by atomic mass is 10.2. The number of sulfonamides is 1. The van der Waals surface area contributed by atoms with Gasteiger partial charge in [-0.05, 0) is 55.5 Å². The minimum absolute atomic E-state index is 0.180. The number of hydrogen-bond acceptors (Lipinski definition) is 6. The van der Waals surface area contributed by atoms with Crippen LogP contribution < -0.4 is 23.8 Å². The Bertz CT molecular complexity index is 1230. The second kappa shape index (κ2) is 10.0. The molecule has 3 aromatic rings. The maximum absolute atomic E-state index is 12.9. The molecule has 2 atom stereocenters. The van der Waals surface area contributed by atoms with Crippen molar-refractivity contribution in [2.75, 3.05) is 23.7 Å². The average molecular weight is 483 g/mol. The van der Waals surface area contributed by atoms with Crippen LogP contribution in [-0.4, -0.2) is 45.9 Å². The number of rotatable bonds is 8. The van der Waals surface area contributed by atoms with Gasteiger partial charge in [-0.3, -0.25) is 9.10 Å². The molecule has 1 amide bonds. The smallest absolute Gasteiger partial charge is 0.243 e. The van der Waals surface area contributed by atoms with Crippen LogP contribution in [0.25, 0.3) is 0 Å². The van der Waals surface area contributed by atoms with Crippen molar-refractivity contribution in [1.29, 1.82) is 0 Å². The molecule has 1 N–H and O–H groups in total. The fourth-order valence-electron chi connectivity index (χ4n) is 3.62. The highest BCUT2D eigenvalue weighted by molar-refractivity contribution is 7.92. The minimum atomic E-state index is -3.74. The molecule has 3 aromatic carbocycles. The average Bonchev–Trinajstić information content (AvgIpc) is 2.83. The van der Waals surface area contributed by atoms with E-state index >= 15 is 0 Å². The molecule has 0 spiro atoms. The van der Waals surface area contributed by atoms with Crippen molar-refractivity contribution in [3.8, 4) is 23.0 Å². The van der Waals surface area contributed by atoms with Crippen molar-refractivity contribution in [2.45, 2.75) is 19.1 Å². The van der Waals surface area contributed by atoms with Gasteiger partial charge < -0.3 is 19.5 Å². The maximum atomic E-state index is 12.9. The topological polar surface area (TPSA) is 94.2 Å². The van der Waals surface area contributed by atoms with E-state index in [1.54, 1.807) is 30.3 Å². The summed E-state index contributed by atoms with van der Waals surface area (Å²) < 4.78 is 43.5. The second-order valence-corrected chi connectivity index (χ2v) is 9.75. The fraction of sp³-hybridized carbons (Fsp3) is 0.240. The first-order valence-electron chi connectivity index (χ1n) is 10.8. The van der Waals surface area contributed by atoms with Gasteiger partial charge in [-0.2, -0.15) is 0 Å². The lowest BCUT2D eigenvalue weighted by Gasteiger charge is -2.30. The predicted octanol–water partition coefficient (Wildman–Crippen LogP) is 3.59. The van der Waals surface area contributed by atoms with Gasteiger partial charge in [0.25, 0.3) is 0 Å². The highest BCUT2D eigenvalue weighted by Gasteiger charge is 2.30. The Hall–Kier alpha value is -3.72. The largest absolute Gasteiger partial charge is 0.486 e. The summed E-state index contributed by atoms with van der Waals surface area (Å²) in [6.45, 7) is 2.00. The molecule has 0 unspecified atom stereocenters. The molecular formula is C25H26N2O6S. The molecule has 0 radical (unpaired) electrons. The molecule has 8 nitrogen and oxygen atoms in total. The number of fused-ring (bicyclic) bond motifs is 1. The van der Waals surface area contributed by atoms with E-state index in [9.17, 15) is 13.2 Å². The first kappa shape index (κ1) is 23.4.